The van der Waals surface area contributed by atoms with Gasteiger partial charge in [-0.3, -0.25) is 0 Å². The van der Waals surface area contributed by atoms with E-state index in [1.165, 1.54) is 0 Å². The van der Waals surface area contributed by atoms with Crippen molar-refractivity contribution in [3.8, 4) is 0 Å². The minimum Gasteiger partial charge on any atom is -0.399 e. The van der Waals surface area contributed by atoms with Crippen molar-refractivity contribution < 1.29 is 0 Å². The topological polar surface area (TPSA) is 26.0 Å². The van der Waals surface area contributed by atoms with E-state index < -0.39 is 0 Å². The smallest absolute Gasteiger partial charge is 0.0340 e. The van der Waals surface area contributed by atoms with Gasteiger partial charge in [-0.05, 0) is 18.6 Å². The van der Waals surface area contributed by atoms with Gasteiger partial charge >= 0.3 is 0 Å². The van der Waals surface area contributed by atoms with Crippen molar-refractivity contribution >= 4 is 0 Å². The van der Waals surface area contributed by atoms with E-state index in [9.17, 15) is 0 Å². The first kappa shape index (κ1) is 8.12. The van der Waals surface area contributed by atoms with E-state index in [1.54, 1.807) is 0 Å². The van der Waals surface area contributed by atoms with Gasteiger partial charge in [0, 0.05) is 11.1 Å². The number of hydrogen-bond acceptors (Lipinski definition) is 1. The molecule has 0 aromatic carbocycles. The zero-order valence-electron chi connectivity index (χ0n) is 7.39. The van der Waals surface area contributed by atoms with E-state index >= 15 is 0 Å². The molecule has 0 aromatic heterocycles. The second-order valence-electron chi connectivity index (χ2n) is 3.63. The maximum Gasteiger partial charge on any atom is 0.0340 e. The second kappa shape index (κ2) is 2.57. The molecule has 0 spiro atoms. The number of rotatable bonds is 0. The van der Waals surface area contributed by atoms with E-state index in [-0.39, 0.29) is 5.41 Å². The van der Waals surface area contributed by atoms with Crippen LogP contribution in [-0.2, 0) is 0 Å². The Bertz CT molecular complexity index is 218. The normalized spacial score (nSPS) is 22.1. The van der Waals surface area contributed by atoms with Crippen LogP contribution in [0.5, 0.6) is 0 Å². The molecule has 60 valence electrons. The van der Waals surface area contributed by atoms with Crippen LogP contribution < -0.4 is 5.73 Å². The molecule has 1 heteroatoms. The maximum absolute atomic E-state index is 5.74. The first-order chi connectivity index (χ1) is 5.01. The summed E-state index contributed by atoms with van der Waals surface area (Å²) in [6.45, 7) is 6.34. The summed E-state index contributed by atoms with van der Waals surface area (Å²) in [6.07, 6.45) is 8.35. The van der Waals surface area contributed by atoms with Crippen molar-refractivity contribution in [1.82, 2.24) is 0 Å². The van der Waals surface area contributed by atoms with Crippen LogP contribution in [0.15, 0.2) is 35.6 Å². The van der Waals surface area contributed by atoms with Crippen molar-refractivity contribution in [1.29, 1.82) is 0 Å². The molecule has 0 heterocycles. The summed E-state index contributed by atoms with van der Waals surface area (Å²) in [5, 5.41) is 0. The summed E-state index contributed by atoms with van der Waals surface area (Å²) in [4.78, 5) is 0. The molecule has 0 radical (unpaired) electrons. The van der Waals surface area contributed by atoms with E-state index in [4.69, 9.17) is 5.73 Å². The highest BCUT2D eigenvalue weighted by molar-refractivity contribution is 5.35. The van der Waals surface area contributed by atoms with Crippen LogP contribution in [0.25, 0.3) is 0 Å². The Morgan fingerprint density at radius 2 is 1.73 bits per heavy atom. The molecule has 1 aliphatic carbocycles. The molecular weight excluding hydrogens is 134 g/mol. The van der Waals surface area contributed by atoms with Crippen molar-refractivity contribution in [3.63, 3.8) is 0 Å². The highest BCUT2D eigenvalue weighted by atomic mass is 14.6. The van der Waals surface area contributed by atoms with Gasteiger partial charge in [-0.1, -0.05) is 32.1 Å². The van der Waals surface area contributed by atoms with E-state index in [1.807, 2.05) is 13.0 Å². The maximum atomic E-state index is 5.74. The molecule has 0 saturated carbocycles. The van der Waals surface area contributed by atoms with Crippen molar-refractivity contribution in [3.05, 3.63) is 35.6 Å². The number of hydrogen-bond donors (Lipinski definition) is 1. The van der Waals surface area contributed by atoms with Gasteiger partial charge in [0.05, 0.1) is 0 Å². The number of nitrogens with two attached hydrogens (primary N) is 1. The molecule has 0 aromatic rings. The fourth-order valence-electron chi connectivity index (χ4n) is 0.928. The molecule has 1 nitrogen and oxygen atoms in total. The molecule has 2 N–H and O–H groups in total. The average Bonchev–Trinajstić information content (AvgIpc) is 2.03. The zero-order chi connectivity index (χ0) is 8.48. The van der Waals surface area contributed by atoms with E-state index in [0.717, 1.165) is 11.3 Å². The summed E-state index contributed by atoms with van der Waals surface area (Å²) in [7, 11) is 0. The monoisotopic (exact) mass is 149 g/mol. The Morgan fingerprint density at radius 1 is 1.18 bits per heavy atom. The van der Waals surface area contributed by atoms with E-state index in [2.05, 4.69) is 32.1 Å². The summed E-state index contributed by atoms with van der Waals surface area (Å²) in [6, 6.07) is 0. The Balaban J connectivity index is 3.01. The van der Waals surface area contributed by atoms with Gasteiger partial charge in [-0.25, -0.2) is 0 Å². The third-order valence-corrected chi connectivity index (χ3v) is 1.91. The predicted molar refractivity (Wildman–Crippen MR) is 48.9 cm³/mol. The Labute approximate surface area is 68.3 Å². The molecule has 1 rings (SSSR count). The third-order valence-electron chi connectivity index (χ3n) is 1.91. The van der Waals surface area contributed by atoms with Gasteiger partial charge < -0.3 is 5.73 Å². The lowest BCUT2D eigenvalue weighted by atomic mass is 9.93. The molecule has 0 atom stereocenters. The van der Waals surface area contributed by atoms with Crippen LogP contribution in [0, 0.1) is 5.41 Å². The fraction of sp³-hybridized carbons (Fsp3) is 0.400. The largest absolute Gasteiger partial charge is 0.399 e. The van der Waals surface area contributed by atoms with Gasteiger partial charge in [0.1, 0.15) is 0 Å². The summed E-state index contributed by atoms with van der Waals surface area (Å²) in [5.74, 6) is 0. The first-order valence-electron chi connectivity index (χ1n) is 3.86. The lowest BCUT2D eigenvalue weighted by Gasteiger charge is -2.12. The van der Waals surface area contributed by atoms with Crippen LogP contribution in [-0.4, -0.2) is 0 Å². The van der Waals surface area contributed by atoms with Gasteiger partial charge in [-0.2, -0.15) is 0 Å². The fourth-order valence-corrected chi connectivity index (χ4v) is 0.928. The molecular formula is C10H15N. The standard InChI is InChI=1S/C10H15N/c1-8-4-6-10(2,3)7-5-9(8)11/h4-7H,11H2,1-3H3. The molecule has 0 unspecified atom stereocenters. The highest BCUT2D eigenvalue weighted by Crippen LogP contribution is 2.23. The lowest BCUT2D eigenvalue weighted by Crippen LogP contribution is -2.01. The van der Waals surface area contributed by atoms with Crippen LogP contribution in [0.3, 0.4) is 0 Å². The molecule has 0 bridgehead atoms. The van der Waals surface area contributed by atoms with Gasteiger partial charge in [0.15, 0.2) is 0 Å². The molecule has 11 heavy (non-hydrogen) atoms. The van der Waals surface area contributed by atoms with Crippen molar-refractivity contribution in [2.24, 2.45) is 11.1 Å². The Morgan fingerprint density at radius 3 is 2.36 bits per heavy atom. The highest BCUT2D eigenvalue weighted by Gasteiger charge is 2.10. The van der Waals surface area contributed by atoms with Crippen LogP contribution >= 0.6 is 0 Å². The third kappa shape index (κ3) is 1.97. The van der Waals surface area contributed by atoms with Crippen LogP contribution in [0.1, 0.15) is 20.8 Å². The van der Waals surface area contributed by atoms with Gasteiger partial charge in [0.25, 0.3) is 0 Å². The SMILES string of the molecule is CC1=C(N)C=CC(C)(C)C=C1. The Kier molecular flexibility index (Phi) is 1.90. The van der Waals surface area contributed by atoms with Crippen LogP contribution in [0.4, 0.5) is 0 Å². The molecule has 0 amide bonds. The summed E-state index contributed by atoms with van der Waals surface area (Å²) < 4.78 is 0. The van der Waals surface area contributed by atoms with Crippen LogP contribution in [0.2, 0.25) is 0 Å². The minimum atomic E-state index is 0.141. The van der Waals surface area contributed by atoms with E-state index in [0.29, 0.717) is 0 Å². The predicted octanol–water partition coefficient (Wildman–Crippen LogP) is 2.37. The molecule has 0 fully saturated rings. The first-order valence-corrected chi connectivity index (χ1v) is 3.86. The Hall–Kier alpha value is -0.980. The lowest BCUT2D eigenvalue weighted by molar-refractivity contribution is 0.626. The average molecular weight is 149 g/mol. The molecule has 0 saturated heterocycles. The minimum absolute atomic E-state index is 0.141. The van der Waals surface area contributed by atoms with Gasteiger partial charge in [0.2, 0.25) is 0 Å². The number of allylic oxidation sites excluding steroid dienone is 5. The molecule has 1 aliphatic rings. The van der Waals surface area contributed by atoms with Gasteiger partial charge in [-0.15, -0.1) is 0 Å². The van der Waals surface area contributed by atoms with Crippen molar-refractivity contribution in [2.75, 3.05) is 0 Å². The summed E-state index contributed by atoms with van der Waals surface area (Å²) >= 11 is 0. The van der Waals surface area contributed by atoms with Crippen molar-refractivity contribution in [2.45, 2.75) is 20.8 Å². The summed E-state index contributed by atoms with van der Waals surface area (Å²) in [5.41, 5.74) is 7.89. The zero-order valence-corrected chi connectivity index (χ0v) is 7.39. The quantitative estimate of drug-likeness (QED) is 0.562. The second-order valence-corrected chi connectivity index (χ2v) is 3.63. The molecule has 0 aliphatic heterocycles.